The molecule has 0 N–H and O–H groups in total. The van der Waals surface area contributed by atoms with Crippen LogP contribution < -0.4 is 0 Å². The Hall–Kier alpha value is -0.120. The number of fused-ring (bicyclic) bond motifs is 1. The molecule has 3 nitrogen and oxygen atoms in total. The number of piperidine rings is 1. The zero-order chi connectivity index (χ0) is 10.8. The predicted molar refractivity (Wildman–Crippen MR) is 64.6 cm³/mol. The van der Waals surface area contributed by atoms with Gasteiger partial charge in [0.2, 0.25) is 0 Å². The second-order valence-corrected chi connectivity index (χ2v) is 5.52. The van der Waals surface area contributed by atoms with Gasteiger partial charge in [0.05, 0.1) is 0 Å². The van der Waals surface area contributed by atoms with Crippen LogP contribution in [0.5, 0.6) is 0 Å². The van der Waals surface area contributed by atoms with Crippen LogP contribution in [0, 0.1) is 0 Å². The molecule has 3 fully saturated rings. The van der Waals surface area contributed by atoms with E-state index in [0.29, 0.717) is 0 Å². The van der Waals surface area contributed by atoms with Crippen LogP contribution in [0.15, 0.2) is 0 Å². The summed E-state index contributed by atoms with van der Waals surface area (Å²) in [5.74, 6) is 0. The summed E-state index contributed by atoms with van der Waals surface area (Å²) < 4.78 is 5.46. The van der Waals surface area contributed by atoms with Crippen molar-refractivity contribution >= 4 is 0 Å². The molecule has 0 bridgehead atoms. The van der Waals surface area contributed by atoms with Crippen molar-refractivity contribution in [1.82, 2.24) is 9.80 Å². The Balaban J connectivity index is 1.57. The SMILES string of the molecule is C1CCN2CCN(C3CCOCC3)CC2C1. The Morgan fingerprint density at radius 3 is 2.44 bits per heavy atom. The lowest BCUT2D eigenvalue weighted by Gasteiger charge is -2.47. The Morgan fingerprint density at radius 2 is 1.56 bits per heavy atom. The van der Waals surface area contributed by atoms with Crippen LogP contribution in [0.1, 0.15) is 32.1 Å². The van der Waals surface area contributed by atoms with E-state index >= 15 is 0 Å². The zero-order valence-corrected chi connectivity index (χ0v) is 10.2. The van der Waals surface area contributed by atoms with Crippen molar-refractivity contribution in [1.29, 1.82) is 0 Å². The van der Waals surface area contributed by atoms with Gasteiger partial charge in [-0.25, -0.2) is 0 Å². The second-order valence-electron chi connectivity index (χ2n) is 5.52. The van der Waals surface area contributed by atoms with Gasteiger partial charge in [0.25, 0.3) is 0 Å². The van der Waals surface area contributed by atoms with Gasteiger partial charge in [0.1, 0.15) is 0 Å². The highest BCUT2D eigenvalue weighted by molar-refractivity contribution is 4.88. The third-order valence-electron chi connectivity index (χ3n) is 4.58. The van der Waals surface area contributed by atoms with E-state index in [4.69, 9.17) is 4.74 Å². The fraction of sp³-hybridized carbons (Fsp3) is 1.00. The van der Waals surface area contributed by atoms with Crippen LogP contribution in [0.4, 0.5) is 0 Å². The minimum atomic E-state index is 0.817. The fourth-order valence-corrected chi connectivity index (χ4v) is 3.56. The number of nitrogens with zero attached hydrogens (tertiary/aromatic N) is 2. The van der Waals surface area contributed by atoms with Gasteiger partial charge in [-0.1, -0.05) is 6.42 Å². The molecule has 0 spiro atoms. The van der Waals surface area contributed by atoms with Crippen molar-refractivity contribution in [3.05, 3.63) is 0 Å². The van der Waals surface area contributed by atoms with Gasteiger partial charge < -0.3 is 4.74 Å². The number of ether oxygens (including phenoxy) is 1. The average molecular weight is 224 g/mol. The summed E-state index contributed by atoms with van der Waals surface area (Å²) in [6.45, 7) is 7.24. The van der Waals surface area contributed by atoms with Gasteiger partial charge in [0, 0.05) is 44.9 Å². The van der Waals surface area contributed by atoms with Crippen LogP contribution >= 0.6 is 0 Å². The highest BCUT2D eigenvalue weighted by Gasteiger charge is 2.32. The normalized spacial score (nSPS) is 34.9. The minimum absolute atomic E-state index is 0.817. The Morgan fingerprint density at radius 1 is 0.750 bits per heavy atom. The average Bonchev–Trinajstić information content (AvgIpc) is 2.39. The predicted octanol–water partition coefficient (Wildman–Crippen LogP) is 1.34. The van der Waals surface area contributed by atoms with Crippen molar-refractivity contribution in [2.45, 2.75) is 44.2 Å². The number of hydrogen-bond acceptors (Lipinski definition) is 3. The maximum Gasteiger partial charge on any atom is 0.0480 e. The topological polar surface area (TPSA) is 15.7 Å². The first-order valence-corrected chi connectivity index (χ1v) is 6.99. The zero-order valence-electron chi connectivity index (χ0n) is 10.2. The molecule has 3 rings (SSSR count). The van der Waals surface area contributed by atoms with E-state index in [-0.39, 0.29) is 0 Å². The largest absolute Gasteiger partial charge is 0.381 e. The molecule has 3 aliphatic heterocycles. The highest BCUT2D eigenvalue weighted by Crippen LogP contribution is 2.24. The van der Waals surface area contributed by atoms with Gasteiger partial charge in [-0.2, -0.15) is 0 Å². The van der Waals surface area contributed by atoms with Gasteiger partial charge >= 0.3 is 0 Å². The smallest absolute Gasteiger partial charge is 0.0480 e. The first kappa shape index (κ1) is 11.0. The number of rotatable bonds is 1. The molecule has 1 unspecified atom stereocenters. The molecule has 3 heterocycles. The first-order valence-electron chi connectivity index (χ1n) is 6.99. The summed E-state index contributed by atoms with van der Waals surface area (Å²) in [6, 6.07) is 1.68. The van der Waals surface area contributed by atoms with Crippen LogP contribution in [0.2, 0.25) is 0 Å². The Labute approximate surface area is 98.7 Å². The van der Waals surface area contributed by atoms with Gasteiger partial charge in [-0.3, -0.25) is 9.80 Å². The molecule has 0 aromatic heterocycles. The van der Waals surface area contributed by atoms with E-state index in [1.54, 1.807) is 0 Å². The third kappa shape index (κ3) is 2.27. The van der Waals surface area contributed by atoms with Crippen LogP contribution in [0.25, 0.3) is 0 Å². The quantitative estimate of drug-likeness (QED) is 0.668. The van der Waals surface area contributed by atoms with Crippen LogP contribution in [-0.2, 0) is 4.74 Å². The molecule has 3 heteroatoms. The van der Waals surface area contributed by atoms with Crippen molar-refractivity contribution < 1.29 is 4.74 Å². The lowest BCUT2D eigenvalue weighted by atomic mass is 9.97. The lowest BCUT2D eigenvalue weighted by molar-refractivity contribution is -0.0137. The molecule has 92 valence electrons. The molecule has 0 aromatic carbocycles. The molecule has 16 heavy (non-hydrogen) atoms. The summed E-state index contributed by atoms with van der Waals surface area (Å²) in [6.07, 6.45) is 6.82. The molecule has 3 aliphatic rings. The van der Waals surface area contributed by atoms with Crippen LogP contribution in [-0.4, -0.2) is 61.3 Å². The van der Waals surface area contributed by atoms with Crippen molar-refractivity contribution in [2.75, 3.05) is 39.4 Å². The molecular formula is C13H24N2O. The summed E-state index contributed by atoms with van der Waals surface area (Å²) in [5.41, 5.74) is 0. The third-order valence-corrected chi connectivity index (χ3v) is 4.58. The number of hydrogen-bond donors (Lipinski definition) is 0. The lowest BCUT2D eigenvalue weighted by Crippen LogP contribution is -2.57. The Bertz CT molecular complexity index is 225. The van der Waals surface area contributed by atoms with E-state index in [9.17, 15) is 0 Å². The molecule has 0 amide bonds. The summed E-state index contributed by atoms with van der Waals surface area (Å²) in [5, 5.41) is 0. The second kappa shape index (κ2) is 5.03. The molecule has 0 radical (unpaired) electrons. The molecule has 0 aliphatic carbocycles. The van der Waals surface area contributed by atoms with E-state index in [1.165, 1.54) is 58.3 Å². The van der Waals surface area contributed by atoms with E-state index < -0.39 is 0 Å². The van der Waals surface area contributed by atoms with Crippen LogP contribution in [0.3, 0.4) is 0 Å². The minimum Gasteiger partial charge on any atom is -0.381 e. The molecule has 1 atom stereocenters. The highest BCUT2D eigenvalue weighted by atomic mass is 16.5. The van der Waals surface area contributed by atoms with Gasteiger partial charge in [-0.15, -0.1) is 0 Å². The standard InChI is InChI=1S/C13H24N2O/c1-2-6-14-7-8-15(11-13(14)3-1)12-4-9-16-10-5-12/h12-13H,1-11H2. The molecule has 3 saturated heterocycles. The molecule has 0 aromatic rings. The van der Waals surface area contributed by atoms with Gasteiger partial charge in [0.15, 0.2) is 0 Å². The van der Waals surface area contributed by atoms with E-state index in [2.05, 4.69) is 9.80 Å². The summed E-state index contributed by atoms with van der Waals surface area (Å²) >= 11 is 0. The van der Waals surface area contributed by atoms with E-state index in [0.717, 1.165) is 25.3 Å². The van der Waals surface area contributed by atoms with E-state index in [1.807, 2.05) is 0 Å². The summed E-state index contributed by atoms with van der Waals surface area (Å²) in [7, 11) is 0. The maximum absolute atomic E-state index is 5.46. The summed E-state index contributed by atoms with van der Waals surface area (Å²) in [4.78, 5) is 5.47. The molecular weight excluding hydrogens is 200 g/mol. The monoisotopic (exact) mass is 224 g/mol. The Kier molecular flexibility index (Phi) is 3.46. The van der Waals surface area contributed by atoms with Crippen molar-refractivity contribution in [3.63, 3.8) is 0 Å². The van der Waals surface area contributed by atoms with Crippen molar-refractivity contribution in [3.8, 4) is 0 Å². The fourth-order valence-electron chi connectivity index (χ4n) is 3.56. The molecule has 0 saturated carbocycles. The maximum atomic E-state index is 5.46. The first-order chi connectivity index (χ1) is 7.93. The van der Waals surface area contributed by atoms with Gasteiger partial charge in [-0.05, 0) is 32.2 Å². The number of piperazine rings is 1. The van der Waals surface area contributed by atoms with Crippen molar-refractivity contribution in [2.24, 2.45) is 0 Å².